The van der Waals surface area contributed by atoms with Crippen LogP contribution in [0, 0.1) is 0 Å². The first kappa shape index (κ1) is 15.7. The van der Waals surface area contributed by atoms with Crippen LogP contribution in [0.2, 0.25) is 0 Å². The van der Waals surface area contributed by atoms with Gasteiger partial charge in [-0.1, -0.05) is 35.5 Å². The third-order valence-corrected chi connectivity index (χ3v) is 4.73. The topological polar surface area (TPSA) is 53.9 Å². The van der Waals surface area contributed by atoms with Crippen LogP contribution in [0.1, 0.15) is 5.69 Å². The highest BCUT2D eigenvalue weighted by Gasteiger charge is 2.21. The number of phenols is 1. The van der Waals surface area contributed by atoms with Gasteiger partial charge in [-0.15, -0.1) is 0 Å². The number of aromatic nitrogens is 1. The number of hydrogen-bond donors (Lipinski definition) is 2. The van der Waals surface area contributed by atoms with Crippen molar-refractivity contribution in [2.24, 2.45) is 0 Å². The first-order valence-corrected chi connectivity index (χ1v) is 8.66. The smallest absolute Gasteiger partial charge is 0.167 e. The number of nitrogens with one attached hydrogen (secondary N) is 1. The van der Waals surface area contributed by atoms with E-state index in [9.17, 15) is 5.11 Å². The van der Waals surface area contributed by atoms with Crippen LogP contribution in [0.3, 0.4) is 0 Å². The van der Waals surface area contributed by atoms with Gasteiger partial charge in [-0.2, -0.15) is 0 Å². The lowest BCUT2D eigenvalue weighted by molar-refractivity contribution is -0.914. The number of piperazine rings is 1. The second-order valence-corrected chi connectivity index (χ2v) is 6.48. The Morgan fingerprint density at radius 3 is 2.44 bits per heavy atom. The highest BCUT2D eigenvalue weighted by molar-refractivity contribution is 5.56. The van der Waals surface area contributed by atoms with Gasteiger partial charge in [-0.3, -0.25) is 0 Å². The summed E-state index contributed by atoms with van der Waals surface area (Å²) in [5.41, 5.74) is 3.24. The summed E-state index contributed by atoms with van der Waals surface area (Å²) in [6.45, 7) is 5.02. The average molecular weight is 336 g/mol. The molecule has 0 aliphatic carbocycles. The van der Waals surface area contributed by atoms with Gasteiger partial charge in [0.2, 0.25) is 0 Å². The van der Waals surface area contributed by atoms with Crippen molar-refractivity contribution >= 4 is 5.69 Å². The van der Waals surface area contributed by atoms with E-state index >= 15 is 0 Å². The minimum Gasteiger partial charge on any atom is -0.508 e. The molecule has 1 aliphatic rings. The third-order valence-electron chi connectivity index (χ3n) is 4.73. The summed E-state index contributed by atoms with van der Waals surface area (Å²) in [7, 11) is 0. The molecule has 0 radical (unpaired) electrons. The maximum absolute atomic E-state index is 9.41. The highest BCUT2D eigenvalue weighted by Crippen LogP contribution is 2.20. The summed E-state index contributed by atoms with van der Waals surface area (Å²) in [6.07, 6.45) is 0. The number of benzene rings is 2. The number of nitrogens with zero attached hydrogens (tertiary/aromatic N) is 2. The van der Waals surface area contributed by atoms with Crippen LogP contribution in [0.4, 0.5) is 5.69 Å². The Bertz CT molecular complexity index is 806. The zero-order valence-electron chi connectivity index (χ0n) is 14.1. The molecule has 2 aromatic carbocycles. The molecule has 1 aromatic heterocycles. The van der Waals surface area contributed by atoms with Crippen molar-refractivity contribution in [2.75, 3.05) is 31.1 Å². The molecule has 0 amide bonds. The number of quaternary nitrogens is 1. The monoisotopic (exact) mass is 336 g/mol. The van der Waals surface area contributed by atoms with E-state index < -0.39 is 0 Å². The molecule has 0 spiro atoms. The number of hydrogen-bond acceptors (Lipinski definition) is 4. The molecule has 128 valence electrons. The van der Waals surface area contributed by atoms with Crippen molar-refractivity contribution in [3.05, 3.63) is 66.4 Å². The molecule has 5 heteroatoms. The zero-order valence-corrected chi connectivity index (χ0v) is 14.1. The fraction of sp³-hybridized carbons (Fsp3) is 0.250. The molecule has 1 fully saturated rings. The number of phenolic OH excluding ortho intramolecular Hbond substituents is 1. The van der Waals surface area contributed by atoms with Crippen LogP contribution in [-0.4, -0.2) is 36.4 Å². The highest BCUT2D eigenvalue weighted by atomic mass is 16.5. The fourth-order valence-corrected chi connectivity index (χ4v) is 3.31. The lowest BCUT2D eigenvalue weighted by atomic mass is 10.1. The van der Waals surface area contributed by atoms with Gasteiger partial charge in [0, 0.05) is 17.3 Å². The Morgan fingerprint density at radius 2 is 1.72 bits per heavy atom. The van der Waals surface area contributed by atoms with Gasteiger partial charge in [-0.05, 0) is 24.3 Å². The molecule has 2 heterocycles. The molecule has 0 bridgehead atoms. The summed E-state index contributed by atoms with van der Waals surface area (Å²) >= 11 is 0. The molecular weight excluding hydrogens is 314 g/mol. The van der Waals surface area contributed by atoms with Crippen molar-refractivity contribution in [2.45, 2.75) is 6.54 Å². The quantitative estimate of drug-likeness (QED) is 0.765. The SMILES string of the molecule is Oc1ccc(N2CC[NH+](Cc3cc(-c4ccccc4)on3)CC2)cc1. The Morgan fingerprint density at radius 1 is 1.00 bits per heavy atom. The van der Waals surface area contributed by atoms with Gasteiger partial charge >= 0.3 is 0 Å². The number of anilines is 1. The molecule has 3 aromatic rings. The fourth-order valence-electron chi connectivity index (χ4n) is 3.31. The van der Waals surface area contributed by atoms with Crippen LogP contribution in [0.5, 0.6) is 5.75 Å². The Kier molecular flexibility index (Phi) is 4.39. The third kappa shape index (κ3) is 3.67. The van der Waals surface area contributed by atoms with Gasteiger partial charge in [0.25, 0.3) is 0 Å². The second kappa shape index (κ2) is 6.99. The summed E-state index contributed by atoms with van der Waals surface area (Å²) in [6, 6.07) is 19.6. The van der Waals surface area contributed by atoms with Crippen LogP contribution in [0.15, 0.2) is 65.2 Å². The van der Waals surface area contributed by atoms with Crippen LogP contribution < -0.4 is 9.80 Å². The molecule has 1 saturated heterocycles. The van der Waals surface area contributed by atoms with Crippen LogP contribution in [0.25, 0.3) is 11.3 Å². The van der Waals surface area contributed by atoms with Crippen molar-refractivity contribution in [1.29, 1.82) is 0 Å². The average Bonchev–Trinajstić information content (AvgIpc) is 3.12. The Labute approximate surface area is 147 Å². The van der Waals surface area contributed by atoms with Gasteiger partial charge in [0.05, 0.1) is 26.2 Å². The predicted octanol–water partition coefficient (Wildman–Crippen LogP) is 1.95. The van der Waals surface area contributed by atoms with E-state index in [2.05, 4.69) is 16.1 Å². The minimum atomic E-state index is 0.313. The summed E-state index contributed by atoms with van der Waals surface area (Å²) in [5.74, 6) is 1.14. The Hall–Kier alpha value is -2.79. The van der Waals surface area contributed by atoms with E-state index in [1.807, 2.05) is 42.5 Å². The van der Waals surface area contributed by atoms with Crippen molar-refractivity contribution in [3.63, 3.8) is 0 Å². The van der Waals surface area contributed by atoms with E-state index in [0.29, 0.717) is 5.75 Å². The molecular formula is C20H22N3O2+. The lowest BCUT2D eigenvalue weighted by Gasteiger charge is -2.33. The first-order valence-electron chi connectivity index (χ1n) is 8.66. The molecule has 25 heavy (non-hydrogen) atoms. The number of rotatable bonds is 4. The van der Waals surface area contributed by atoms with E-state index in [1.165, 1.54) is 10.6 Å². The van der Waals surface area contributed by atoms with E-state index in [-0.39, 0.29) is 0 Å². The van der Waals surface area contributed by atoms with Gasteiger partial charge < -0.3 is 19.4 Å². The molecule has 0 saturated carbocycles. The summed E-state index contributed by atoms with van der Waals surface area (Å²) in [4.78, 5) is 3.88. The standard InChI is InChI=1S/C20H21N3O2/c24-19-8-6-18(7-9-19)23-12-10-22(11-13-23)15-17-14-20(25-21-17)16-4-2-1-3-5-16/h1-9,14,24H,10-13,15H2/p+1. The van der Waals surface area contributed by atoms with Gasteiger partial charge in [-0.25, -0.2) is 0 Å². The normalized spacial score (nSPS) is 15.4. The van der Waals surface area contributed by atoms with Gasteiger partial charge in [0.15, 0.2) is 5.76 Å². The second-order valence-electron chi connectivity index (χ2n) is 6.48. The van der Waals surface area contributed by atoms with Crippen molar-refractivity contribution in [1.82, 2.24) is 5.16 Å². The van der Waals surface area contributed by atoms with Crippen molar-refractivity contribution < 1.29 is 14.5 Å². The predicted molar refractivity (Wildman–Crippen MR) is 96.7 cm³/mol. The molecule has 0 unspecified atom stereocenters. The van der Waals surface area contributed by atoms with E-state index in [1.54, 1.807) is 12.1 Å². The van der Waals surface area contributed by atoms with Crippen molar-refractivity contribution in [3.8, 4) is 17.1 Å². The van der Waals surface area contributed by atoms with Gasteiger partial charge in [0.1, 0.15) is 18.0 Å². The zero-order chi connectivity index (χ0) is 17.1. The molecule has 1 aliphatic heterocycles. The summed E-state index contributed by atoms with van der Waals surface area (Å²) in [5, 5.41) is 13.6. The lowest BCUT2D eigenvalue weighted by Crippen LogP contribution is -3.13. The maximum atomic E-state index is 9.41. The number of aromatic hydroxyl groups is 1. The molecule has 4 rings (SSSR count). The first-order chi connectivity index (χ1) is 12.3. The summed E-state index contributed by atoms with van der Waals surface area (Å²) < 4.78 is 5.50. The van der Waals surface area contributed by atoms with Crippen LogP contribution >= 0.6 is 0 Å². The minimum absolute atomic E-state index is 0.313. The maximum Gasteiger partial charge on any atom is 0.167 e. The van der Waals surface area contributed by atoms with Crippen LogP contribution in [-0.2, 0) is 6.54 Å². The molecule has 5 nitrogen and oxygen atoms in total. The Balaban J connectivity index is 1.34. The van der Waals surface area contributed by atoms with E-state index in [4.69, 9.17) is 4.52 Å². The largest absolute Gasteiger partial charge is 0.508 e. The van der Waals surface area contributed by atoms with E-state index in [0.717, 1.165) is 49.7 Å². The molecule has 2 N–H and O–H groups in total. The molecule has 0 atom stereocenters.